The van der Waals surface area contributed by atoms with Gasteiger partial charge < -0.3 is 15.3 Å². The SMILES string of the molecule is C[C@@H]1CN(C(=O)C(C)(C)N2CCNCC2)C[C@H]1C(=O)O. The second kappa shape index (κ2) is 5.69. The summed E-state index contributed by atoms with van der Waals surface area (Å²) in [4.78, 5) is 27.8. The molecule has 0 aromatic carbocycles. The zero-order valence-electron chi connectivity index (χ0n) is 12.6. The van der Waals surface area contributed by atoms with Crippen LogP contribution >= 0.6 is 0 Å². The van der Waals surface area contributed by atoms with E-state index in [-0.39, 0.29) is 11.8 Å². The number of carboxylic acids is 1. The van der Waals surface area contributed by atoms with Crippen molar-refractivity contribution >= 4 is 11.9 Å². The normalized spacial score (nSPS) is 28.6. The van der Waals surface area contributed by atoms with Gasteiger partial charge in [-0.2, -0.15) is 0 Å². The fraction of sp³-hybridized carbons (Fsp3) is 0.857. The van der Waals surface area contributed by atoms with E-state index in [4.69, 9.17) is 0 Å². The largest absolute Gasteiger partial charge is 0.481 e. The molecule has 2 fully saturated rings. The summed E-state index contributed by atoms with van der Waals surface area (Å²) in [5.74, 6) is -1.16. The quantitative estimate of drug-likeness (QED) is 0.753. The van der Waals surface area contributed by atoms with Gasteiger partial charge in [0, 0.05) is 39.3 Å². The van der Waals surface area contributed by atoms with E-state index in [2.05, 4.69) is 10.2 Å². The summed E-state index contributed by atoms with van der Waals surface area (Å²) in [5.41, 5.74) is -0.560. The topological polar surface area (TPSA) is 72.9 Å². The molecule has 0 bridgehead atoms. The molecule has 0 spiro atoms. The summed E-state index contributed by atoms with van der Waals surface area (Å²) >= 11 is 0. The first-order valence-corrected chi connectivity index (χ1v) is 7.32. The van der Waals surface area contributed by atoms with Gasteiger partial charge in [-0.25, -0.2) is 0 Å². The van der Waals surface area contributed by atoms with E-state index in [0.29, 0.717) is 13.1 Å². The summed E-state index contributed by atoms with van der Waals surface area (Å²) in [7, 11) is 0. The molecule has 2 aliphatic rings. The molecule has 2 N–H and O–H groups in total. The lowest BCUT2D eigenvalue weighted by atomic mass is 9.99. The Morgan fingerprint density at radius 2 is 1.80 bits per heavy atom. The molecular weight excluding hydrogens is 258 g/mol. The van der Waals surface area contributed by atoms with Gasteiger partial charge in [0.1, 0.15) is 0 Å². The van der Waals surface area contributed by atoms with Crippen LogP contribution in [-0.2, 0) is 9.59 Å². The zero-order chi connectivity index (χ0) is 14.9. The van der Waals surface area contributed by atoms with Crippen LogP contribution in [0.2, 0.25) is 0 Å². The van der Waals surface area contributed by atoms with Gasteiger partial charge in [-0.3, -0.25) is 14.5 Å². The molecule has 2 atom stereocenters. The van der Waals surface area contributed by atoms with Crippen LogP contribution in [0.15, 0.2) is 0 Å². The van der Waals surface area contributed by atoms with Crippen LogP contribution in [-0.4, -0.2) is 71.6 Å². The van der Waals surface area contributed by atoms with Gasteiger partial charge in [0.25, 0.3) is 0 Å². The Hall–Kier alpha value is -1.14. The van der Waals surface area contributed by atoms with Gasteiger partial charge in [-0.05, 0) is 19.8 Å². The number of carbonyl (C=O) groups excluding carboxylic acids is 1. The van der Waals surface area contributed by atoms with E-state index < -0.39 is 17.4 Å². The predicted octanol–water partition coefficient (Wildman–Crippen LogP) is -0.151. The van der Waals surface area contributed by atoms with Crippen molar-refractivity contribution in [3.8, 4) is 0 Å². The Morgan fingerprint density at radius 3 is 2.30 bits per heavy atom. The highest BCUT2D eigenvalue weighted by atomic mass is 16.4. The van der Waals surface area contributed by atoms with E-state index in [1.54, 1.807) is 4.90 Å². The maximum atomic E-state index is 12.8. The average Bonchev–Trinajstić information content (AvgIpc) is 2.81. The smallest absolute Gasteiger partial charge is 0.308 e. The second-order valence-corrected chi connectivity index (χ2v) is 6.43. The number of piperazine rings is 1. The second-order valence-electron chi connectivity index (χ2n) is 6.43. The minimum Gasteiger partial charge on any atom is -0.481 e. The summed E-state index contributed by atoms with van der Waals surface area (Å²) in [6.45, 7) is 10.2. The molecule has 114 valence electrons. The average molecular weight is 283 g/mol. The highest BCUT2D eigenvalue weighted by Crippen LogP contribution is 2.27. The number of carboxylic acid groups (broad SMARTS) is 1. The lowest BCUT2D eigenvalue weighted by molar-refractivity contribution is -0.144. The number of aliphatic carboxylic acids is 1. The van der Waals surface area contributed by atoms with Gasteiger partial charge in [-0.1, -0.05) is 6.92 Å². The number of likely N-dealkylation sites (tertiary alicyclic amines) is 1. The first-order valence-electron chi connectivity index (χ1n) is 7.32. The summed E-state index contributed by atoms with van der Waals surface area (Å²) in [6, 6.07) is 0. The van der Waals surface area contributed by atoms with Crippen LogP contribution in [0.4, 0.5) is 0 Å². The molecule has 0 unspecified atom stereocenters. The van der Waals surface area contributed by atoms with Crippen LogP contribution in [0.3, 0.4) is 0 Å². The standard InChI is InChI=1S/C14H25N3O3/c1-10-8-16(9-11(10)12(18)19)13(20)14(2,3)17-6-4-15-5-7-17/h10-11,15H,4-9H2,1-3H3,(H,18,19)/t10-,11-/m1/s1. The highest BCUT2D eigenvalue weighted by Gasteiger charge is 2.43. The Balaban J connectivity index is 2.05. The molecule has 2 rings (SSSR count). The lowest BCUT2D eigenvalue weighted by Crippen LogP contribution is -2.60. The Bertz CT molecular complexity index is 391. The van der Waals surface area contributed by atoms with Crippen molar-refractivity contribution in [2.75, 3.05) is 39.3 Å². The number of carbonyl (C=O) groups is 2. The first kappa shape index (κ1) is 15.3. The number of rotatable bonds is 3. The van der Waals surface area contributed by atoms with E-state index >= 15 is 0 Å². The Kier molecular flexibility index (Phi) is 4.34. The van der Waals surface area contributed by atoms with E-state index in [0.717, 1.165) is 26.2 Å². The zero-order valence-corrected chi connectivity index (χ0v) is 12.6. The molecular formula is C14H25N3O3. The number of nitrogens with one attached hydrogen (secondary N) is 1. The minimum atomic E-state index is -0.798. The predicted molar refractivity (Wildman–Crippen MR) is 75.4 cm³/mol. The maximum Gasteiger partial charge on any atom is 0.308 e. The first-order chi connectivity index (χ1) is 9.34. The highest BCUT2D eigenvalue weighted by molar-refractivity contribution is 5.86. The third kappa shape index (κ3) is 2.81. The van der Waals surface area contributed by atoms with Gasteiger partial charge >= 0.3 is 5.97 Å². The minimum absolute atomic E-state index is 0.0234. The van der Waals surface area contributed by atoms with E-state index in [1.807, 2.05) is 20.8 Å². The summed E-state index contributed by atoms with van der Waals surface area (Å²) in [5, 5.41) is 12.5. The van der Waals surface area contributed by atoms with Gasteiger partial charge in [0.05, 0.1) is 11.5 Å². The number of nitrogens with zero attached hydrogens (tertiary/aromatic N) is 2. The van der Waals surface area contributed by atoms with Gasteiger partial charge in [-0.15, -0.1) is 0 Å². The summed E-state index contributed by atoms with van der Waals surface area (Å²) in [6.07, 6.45) is 0. The molecule has 0 aromatic rings. The maximum absolute atomic E-state index is 12.8. The van der Waals surface area contributed by atoms with Crippen LogP contribution in [0.1, 0.15) is 20.8 Å². The van der Waals surface area contributed by atoms with Crippen LogP contribution < -0.4 is 5.32 Å². The fourth-order valence-electron chi connectivity index (χ4n) is 3.20. The van der Waals surface area contributed by atoms with Gasteiger partial charge in [0.2, 0.25) is 5.91 Å². The molecule has 6 heteroatoms. The van der Waals surface area contributed by atoms with Crippen molar-refractivity contribution in [3.63, 3.8) is 0 Å². The van der Waals surface area contributed by atoms with Crippen molar-refractivity contribution in [2.45, 2.75) is 26.3 Å². The van der Waals surface area contributed by atoms with E-state index in [1.165, 1.54) is 0 Å². The van der Waals surface area contributed by atoms with Crippen molar-refractivity contribution < 1.29 is 14.7 Å². The van der Waals surface area contributed by atoms with E-state index in [9.17, 15) is 14.7 Å². The molecule has 0 saturated carbocycles. The van der Waals surface area contributed by atoms with Crippen LogP contribution in [0.5, 0.6) is 0 Å². The van der Waals surface area contributed by atoms with Crippen LogP contribution in [0, 0.1) is 11.8 Å². The Morgan fingerprint density at radius 1 is 1.20 bits per heavy atom. The Labute approximate surface area is 120 Å². The number of hydrogen-bond donors (Lipinski definition) is 2. The van der Waals surface area contributed by atoms with Crippen molar-refractivity contribution in [1.82, 2.24) is 15.1 Å². The molecule has 2 heterocycles. The number of amides is 1. The third-order valence-electron chi connectivity index (χ3n) is 4.65. The molecule has 0 aliphatic carbocycles. The fourth-order valence-corrected chi connectivity index (χ4v) is 3.20. The summed E-state index contributed by atoms with van der Waals surface area (Å²) < 4.78 is 0. The third-order valence-corrected chi connectivity index (χ3v) is 4.65. The van der Waals surface area contributed by atoms with Crippen molar-refractivity contribution in [3.05, 3.63) is 0 Å². The molecule has 2 aliphatic heterocycles. The van der Waals surface area contributed by atoms with Gasteiger partial charge in [0.15, 0.2) is 0 Å². The molecule has 0 radical (unpaired) electrons. The monoisotopic (exact) mass is 283 g/mol. The molecule has 2 saturated heterocycles. The van der Waals surface area contributed by atoms with Crippen molar-refractivity contribution in [1.29, 1.82) is 0 Å². The lowest BCUT2D eigenvalue weighted by Gasteiger charge is -2.41. The van der Waals surface area contributed by atoms with Crippen molar-refractivity contribution in [2.24, 2.45) is 11.8 Å². The molecule has 0 aromatic heterocycles. The molecule has 1 amide bonds. The van der Waals surface area contributed by atoms with Crippen LogP contribution in [0.25, 0.3) is 0 Å². The molecule has 20 heavy (non-hydrogen) atoms. The number of hydrogen-bond acceptors (Lipinski definition) is 4. The molecule has 6 nitrogen and oxygen atoms in total.